The number of H-pyrrole nitrogens is 1. The summed E-state index contributed by atoms with van der Waals surface area (Å²) in [6.07, 6.45) is 5.26. The minimum atomic E-state index is -3.31. The molecule has 1 aromatic carbocycles. The second-order valence-electron chi connectivity index (χ2n) is 6.31. The predicted octanol–water partition coefficient (Wildman–Crippen LogP) is 2.69. The fraction of sp³-hybridized carbons (Fsp3) is 0.294. The molecule has 4 rings (SSSR count). The van der Waals surface area contributed by atoms with Gasteiger partial charge in [0, 0.05) is 24.6 Å². The number of rotatable bonds is 6. The molecule has 136 valence electrons. The summed E-state index contributed by atoms with van der Waals surface area (Å²) < 4.78 is 28.8. The number of nitrogens with zero attached hydrogens (tertiary/aromatic N) is 2. The summed E-state index contributed by atoms with van der Waals surface area (Å²) >= 11 is 0. The summed E-state index contributed by atoms with van der Waals surface area (Å²) in [5.74, 6) is 1.57. The van der Waals surface area contributed by atoms with Gasteiger partial charge >= 0.3 is 0 Å². The number of nitrogens with one attached hydrogen (secondary N) is 3. The summed E-state index contributed by atoms with van der Waals surface area (Å²) in [6, 6.07) is 7.04. The normalized spacial score (nSPS) is 14.4. The highest BCUT2D eigenvalue weighted by Gasteiger charge is 2.23. The lowest BCUT2D eigenvalue weighted by Gasteiger charge is -2.13. The SMILES string of the molecule is COc1cc(S(C)(=O)=O)ccc1Nc1nc(NC2CC2)c2cc[nH]c2n1. The van der Waals surface area contributed by atoms with Crippen molar-refractivity contribution in [2.75, 3.05) is 24.0 Å². The first-order chi connectivity index (χ1) is 12.4. The molecule has 1 fully saturated rings. The molecule has 1 aliphatic carbocycles. The number of ether oxygens (including phenoxy) is 1. The molecule has 0 spiro atoms. The average molecular weight is 373 g/mol. The minimum Gasteiger partial charge on any atom is -0.495 e. The van der Waals surface area contributed by atoms with E-state index in [0.717, 1.165) is 35.9 Å². The van der Waals surface area contributed by atoms with E-state index in [-0.39, 0.29) is 4.90 Å². The molecule has 0 saturated heterocycles. The Morgan fingerprint density at radius 3 is 2.73 bits per heavy atom. The van der Waals surface area contributed by atoms with Gasteiger partial charge in [-0.1, -0.05) is 0 Å². The van der Waals surface area contributed by atoms with Gasteiger partial charge in [0.2, 0.25) is 5.95 Å². The van der Waals surface area contributed by atoms with Gasteiger partial charge in [0.15, 0.2) is 9.84 Å². The summed E-state index contributed by atoms with van der Waals surface area (Å²) in [7, 11) is -1.83. The van der Waals surface area contributed by atoms with Crippen molar-refractivity contribution in [3.63, 3.8) is 0 Å². The molecule has 0 bridgehead atoms. The molecule has 0 amide bonds. The molecule has 1 saturated carbocycles. The maximum atomic E-state index is 11.7. The van der Waals surface area contributed by atoms with Crippen LogP contribution < -0.4 is 15.4 Å². The Morgan fingerprint density at radius 2 is 2.04 bits per heavy atom. The van der Waals surface area contributed by atoms with Gasteiger partial charge in [0.25, 0.3) is 0 Å². The van der Waals surface area contributed by atoms with Crippen molar-refractivity contribution in [2.24, 2.45) is 0 Å². The molecule has 9 heteroatoms. The quantitative estimate of drug-likeness (QED) is 0.609. The van der Waals surface area contributed by atoms with Crippen LogP contribution >= 0.6 is 0 Å². The van der Waals surface area contributed by atoms with E-state index in [1.165, 1.54) is 19.2 Å². The number of aromatic amines is 1. The lowest BCUT2D eigenvalue weighted by molar-refractivity contribution is 0.415. The zero-order valence-corrected chi connectivity index (χ0v) is 15.2. The first-order valence-electron chi connectivity index (χ1n) is 8.21. The minimum absolute atomic E-state index is 0.191. The number of hydrogen-bond donors (Lipinski definition) is 3. The molecular weight excluding hydrogens is 354 g/mol. The third kappa shape index (κ3) is 3.30. The molecule has 2 heterocycles. The number of benzene rings is 1. The first kappa shape index (κ1) is 16.6. The maximum Gasteiger partial charge on any atom is 0.231 e. The van der Waals surface area contributed by atoms with Gasteiger partial charge in [0.05, 0.1) is 23.1 Å². The molecular formula is C17H19N5O3S. The number of sulfone groups is 1. The Bertz CT molecular complexity index is 1070. The van der Waals surface area contributed by atoms with Crippen molar-refractivity contribution in [3.05, 3.63) is 30.5 Å². The van der Waals surface area contributed by atoms with Crippen LogP contribution in [0.2, 0.25) is 0 Å². The molecule has 8 nitrogen and oxygen atoms in total. The van der Waals surface area contributed by atoms with Gasteiger partial charge < -0.3 is 20.4 Å². The predicted molar refractivity (Wildman–Crippen MR) is 99.9 cm³/mol. The number of methoxy groups -OCH3 is 1. The third-order valence-electron chi connectivity index (χ3n) is 4.18. The Kier molecular flexibility index (Phi) is 3.95. The van der Waals surface area contributed by atoms with Crippen molar-refractivity contribution >= 4 is 38.3 Å². The van der Waals surface area contributed by atoms with Crippen LogP contribution in [0.1, 0.15) is 12.8 Å². The van der Waals surface area contributed by atoms with Gasteiger partial charge in [-0.2, -0.15) is 9.97 Å². The van der Waals surface area contributed by atoms with Crippen LogP contribution in [0.15, 0.2) is 35.4 Å². The van der Waals surface area contributed by atoms with Gasteiger partial charge in [-0.25, -0.2) is 8.42 Å². The van der Waals surface area contributed by atoms with Crippen LogP contribution in [-0.4, -0.2) is 42.8 Å². The van der Waals surface area contributed by atoms with E-state index >= 15 is 0 Å². The van der Waals surface area contributed by atoms with Crippen LogP contribution in [0, 0.1) is 0 Å². The highest BCUT2D eigenvalue weighted by molar-refractivity contribution is 7.90. The molecule has 0 radical (unpaired) electrons. The van der Waals surface area contributed by atoms with Crippen molar-refractivity contribution in [2.45, 2.75) is 23.8 Å². The monoisotopic (exact) mass is 373 g/mol. The van der Waals surface area contributed by atoms with Gasteiger partial charge in [0.1, 0.15) is 17.2 Å². The molecule has 26 heavy (non-hydrogen) atoms. The Morgan fingerprint density at radius 1 is 1.23 bits per heavy atom. The van der Waals surface area contributed by atoms with Crippen molar-refractivity contribution < 1.29 is 13.2 Å². The number of aromatic nitrogens is 3. The molecule has 3 aromatic rings. The standard InChI is InChI=1S/C17H19N5O3S/c1-25-14-9-11(26(2,23)24)5-6-13(14)20-17-21-15-12(7-8-18-15)16(22-17)19-10-3-4-10/h5-10H,3-4H2,1-2H3,(H3,18,19,20,21,22). The lowest BCUT2D eigenvalue weighted by atomic mass is 10.3. The van der Waals surface area contributed by atoms with Gasteiger partial charge in [-0.15, -0.1) is 0 Å². The van der Waals surface area contributed by atoms with Crippen molar-refractivity contribution in [1.29, 1.82) is 0 Å². The molecule has 1 aliphatic rings. The second kappa shape index (κ2) is 6.17. The zero-order valence-electron chi connectivity index (χ0n) is 14.4. The van der Waals surface area contributed by atoms with E-state index < -0.39 is 9.84 Å². The van der Waals surface area contributed by atoms with Crippen LogP contribution in [0.25, 0.3) is 11.0 Å². The Hall–Kier alpha value is -2.81. The molecule has 2 aromatic heterocycles. The third-order valence-corrected chi connectivity index (χ3v) is 5.29. The average Bonchev–Trinajstić information content (AvgIpc) is 3.28. The molecule has 0 unspecified atom stereocenters. The van der Waals surface area contributed by atoms with E-state index in [0.29, 0.717) is 23.4 Å². The fourth-order valence-electron chi connectivity index (χ4n) is 2.65. The summed E-state index contributed by atoms with van der Waals surface area (Å²) in [5, 5.41) is 7.46. The van der Waals surface area contributed by atoms with E-state index in [4.69, 9.17) is 4.74 Å². The smallest absolute Gasteiger partial charge is 0.231 e. The van der Waals surface area contributed by atoms with E-state index in [2.05, 4.69) is 25.6 Å². The highest BCUT2D eigenvalue weighted by Crippen LogP contribution is 2.32. The van der Waals surface area contributed by atoms with E-state index in [9.17, 15) is 8.42 Å². The summed E-state index contributed by atoms with van der Waals surface area (Å²) in [6.45, 7) is 0. The fourth-order valence-corrected chi connectivity index (χ4v) is 3.29. The number of fused-ring (bicyclic) bond motifs is 1. The molecule has 0 aliphatic heterocycles. The number of anilines is 3. The number of hydrogen-bond acceptors (Lipinski definition) is 7. The maximum absolute atomic E-state index is 11.7. The molecule has 3 N–H and O–H groups in total. The van der Waals surface area contributed by atoms with E-state index in [1.54, 1.807) is 6.07 Å². The van der Waals surface area contributed by atoms with Crippen molar-refractivity contribution in [1.82, 2.24) is 15.0 Å². The zero-order chi connectivity index (χ0) is 18.3. The van der Waals surface area contributed by atoms with Crippen LogP contribution in [0.5, 0.6) is 5.75 Å². The van der Waals surface area contributed by atoms with Crippen molar-refractivity contribution in [3.8, 4) is 5.75 Å². The first-order valence-corrected chi connectivity index (χ1v) is 10.1. The largest absolute Gasteiger partial charge is 0.495 e. The van der Waals surface area contributed by atoms with Crippen LogP contribution in [0.3, 0.4) is 0 Å². The van der Waals surface area contributed by atoms with E-state index in [1.807, 2.05) is 12.3 Å². The topological polar surface area (TPSA) is 109 Å². The Labute approximate surface area is 150 Å². The van der Waals surface area contributed by atoms with Gasteiger partial charge in [-0.05, 0) is 31.0 Å². The molecule has 0 atom stereocenters. The summed E-state index contributed by atoms with van der Waals surface area (Å²) in [5.41, 5.74) is 1.31. The second-order valence-corrected chi connectivity index (χ2v) is 8.33. The lowest BCUT2D eigenvalue weighted by Crippen LogP contribution is -2.07. The van der Waals surface area contributed by atoms with Gasteiger partial charge in [-0.3, -0.25) is 0 Å². The highest BCUT2D eigenvalue weighted by atomic mass is 32.2. The van der Waals surface area contributed by atoms with Crippen LogP contribution in [-0.2, 0) is 9.84 Å². The van der Waals surface area contributed by atoms with Crippen LogP contribution in [0.4, 0.5) is 17.5 Å². The Balaban J connectivity index is 1.70. The summed E-state index contributed by atoms with van der Waals surface area (Å²) in [4.78, 5) is 12.3.